The summed E-state index contributed by atoms with van der Waals surface area (Å²) in [6.07, 6.45) is 0. The molecule has 0 aliphatic carbocycles. The van der Waals surface area contributed by atoms with Gasteiger partial charge in [0.05, 0.1) is 0 Å². The van der Waals surface area contributed by atoms with Gasteiger partial charge in [0, 0.05) is 0 Å². The molecule has 0 saturated heterocycles. The first-order valence-electron chi connectivity index (χ1n) is 2.26. The van der Waals surface area contributed by atoms with Gasteiger partial charge in [-0.2, -0.15) is 0 Å². The van der Waals surface area contributed by atoms with Gasteiger partial charge in [0.25, 0.3) is 0 Å². The van der Waals surface area contributed by atoms with E-state index < -0.39 is 0 Å². The van der Waals surface area contributed by atoms with E-state index in [1.807, 2.05) is 30.3 Å². The summed E-state index contributed by atoms with van der Waals surface area (Å²) in [5.41, 5.74) is 1.07. The molecule has 0 heterocycles. The Hall–Kier alpha value is -0.300. The van der Waals surface area contributed by atoms with Gasteiger partial charge in [0.1, 0.15) is 0 Å². The lowest BCUT2D eigenvalue weighted by Gasteiger charge is -1.82. The molecule has 43 valence electrons. The standard InChI is InChI=1S/C7H7.BrH/c1-7-5-3-2-4-6-7;/h2-6H,1H2;1H. The number of halogens is 1. The highest BCUT2D eigenvalue weighted by molar-refractivity contribution is 8.93. The average molecular weight is 172 g/mol. The molecule has 1 aromatic rings. The van der Waals surface area contributed by atoms with Gasteiger partial charge >= 0.3 is 0 Å². The van der Waals surface area contributed by atoms with Crippen LogP contribution in [-0.2, 0) is 0 Å². The van der Waals surface area contributed by atoms with Crippen LogP contribution >= 0.6 is 17.0 Å². The van der Waals surface area contributed by atoms with Gasteiger partial charge < -0.3 is 0 Å². The Morgan fingerprint density at radius 2 is 1.50 bits per heavy atom. The normalized spacial score (nSPS) is 7.62. The summed E-state index contributed by atoms with van der Waals surface area (Å²) in [5.74, 6) is 0. The smallest absolute Gasteiger partial charge is 0.0238 e. The molecule has 0 aliphatic heterocycles. The van der Waals surface area contributed by atoms with Crippen LogP contribution in [0.15, 0.2) is 30.3 Å². The maximum Gasteiger partial charge on any atom is -0.0238 e. The van der Waals surface area contributed by atoms with Crippen LogP contribution < -0.4 is 0 Å². The van der Waals surface area contributed by atoms with E-state index >= 15 is 0 Å². The van der Waals surface area contributed by atoms with Gasteiger partial charge in [-0.1, -0.05) is 30.3 Å². The van der Waals surface area contributed by atoms with Crippen molar-refractivity contribution in [3.05, 3.63) is 42.8 Å². The van der Waals surface area contributed by atoms with Gasteiger partial charge in [-0.3, -0.25) is 0 Å². The topological polar surface area (TPSA) is 0 Å². The summed E-state index contributed by atoms with van der Waals surface area (Å²) in [7, 11) is 0. The summed E-state index contributed by atoms with van der Waals surface area (Å²) in [4.78, 5) is 0. The fourth-order valence-corrected chi connectivity index (χ4v) is 0.478. The quantitative estimate of drug-likeness (QED) is 0.563. The molecule has 1 aromatic carbocycles. The summed E-state index contributed by atoms with van der Waals surface area (Å²) < 4.78 is 0. The Morgan fingerprint density at radius 1 is 1.00 bits per heavy atom. The number of rotatable bonds is 0. The predicted molar refractivity (Wildman–Crippen MR) is 41.2 cm³/mol. The molecule has 0 fully saturated rings. The Morgan fingerprint density at radius 3 is 1.75 bits per heavy atom. The van der Waals surface area contributed by atoms with Gasteiger partial charge in [-0.05, 0) is 12.5 Å². The molecule has 0 nitrogen and oxygen atoms in total. The molecule has 8 heavy (non-hydrogen) atoms. The molecule has 0 amide bonds. The third-order valence-corrected chi connectivity index (χ3v) is 0.843. The van der Waals surface area contributed by atoms with E-state index in [-0.39, 0.29) is 17.0 Å². The van der Waals surface area contributed by atoms with Crippen LogP contribution in [-0.4, -0.2) is 0 Å². The van der Waals surface area contributed by atoms with Crippen molar-refractivity contribution in [3.8, 4) is 0 Å². The van der Waals surface area contributed by atoms with Crippen LogP contribution in [0.5, 0.6) is 0 Å². The van der Waals surface area contributed by atoms with E-state index in [1.54, 1.807) is 0 Å². The number of hydrogen-bond donors (Lipinski definition) is 0. The first kappa shape index (κ1) is 7.70. The lowest BCUT2D eigenvalue weighted by molar-refractivity contribution is 1.62. The average Bonchev–Trinajstić information content (AvgIpc) is 1.69. The van der Waals surface area contributed by atoms with Crippen molar-refractivity contribution < 1.29 is 0 Å². The van der Waals surface area contributed by atoms with E-state index in [0.717, 1.165) is 5.56 Å². The van der Waals surface area contributed by atoms with Gasteiger partial charge in [-0.15, -0.1) is 17.0 Å². The van der Waals surface area contributed by atoms with Crippen molar-refractivity contribution in [3.63, 3.8) is 0 Å². The second-order valence-corrected chi connectivity index (χ2v) is 1.49. The van der Waals surface area contributed by atoms with Crippen LogP contribution in [0.25, 0.3) is 0 Å². The zero-order valence-electron chi connectivity index (χ0n) is 4.50. The van der Waals surface area contributed by atoms with Crippen molar-refractivity contribution in [1.29, 1.82) is 0 Å². The monoisotopic (exact) mass is 171 g/mol. The molecule has 0 saturated carbocycles. The summed E-state index contributed by atoms with van der Waals surface area (Å²) >= 11 is 0. The summed E-state index contributed by atoms with van der Waals surface area (Å²) in [6, 6.07) is 9.87. The van der Waals surface area contributed by atoms with Gasteiger partial charge in [0.15, 0.2) is 0 Å². The zero-order chi connectivity index (χ0) is 5.11. The van der Waals surface area contributed by atoms with E-state index in [1.165, 1.54) is 0 Å². The molecule has 1 radical (unpaired) electrons. The van der Waals surface area contributed by atoms with Crippen molar-refractivity contribution in [1.82, 2.24) is 0 Å². The van der Waals surface area contributed by atoms with E-state index in [9.17, 15) is 0 Å². The maximum absolute atomic E-state index is 3.72. The molecule has 0 N–H and O–H groups in total. The minimum Gasteiger partial charge on any atom is -0.114 e. The molecular weight excluding hydrogens is 164 g/mol. The molecular formula is C7H8Br. The van der Waals surface area contributed by atoms with Crippen LogP contribution in [0.4, 0.5) is 0 Å². The zero-order valence-corrected chi connectivity index (χ0v) is 6.22. The molecule has 0 aliphatic rings. The van der Waals surface area contributed by atoms with Crippen LogP contribution in [0, 0.1) is 6.92 Å². The summed E-state index contributed by atoms with van der Waals surface area (Å²) in [5, 5.41) is 0. The molecule has 0 aromatic heterocycles. The van der Waals surface area contributed by atoms with E-state index in [2.05, 4.69) is 6.92 Å². The third kappa shape index (κ3) is 2.12. The fourth-order valence-electron chi connectivity index (χ4n) is 0.478. The largest absolute Gasteiger partial charge is 0.114 e. The Balaban J connectivity index is 0.000000490. The Kier molecular flexibility index (Phi) is 3.53. The van der Waals surface area contributed by atoms with E-state index in [0.29, 0.717) is 0 Å². The maximum atomic E-state index is 3.72. The first-order chi connectivity index (χ1) is 3.39. The first-order valence-corrected chi connectivity index (χ1v) is 2.26. The van der Waals surface area contributed by atoms with Crippen LogP contribution in [0.2, 0.25) is 0 Å². The Labute approximate surface area is 60.3 Å². The second kappa shape index (κ2) is 3.67. The van der Waals surface area contributed by atoms with Gasteiger partial charge in [-0.25, -0.2) is 0 Å². The predicted octanol–water partition coefficient (Wildman–Crippen LogP) is 2.45. The lowest BCUT2D eigenvalue weighted by Crippen LogP contribution is -1.62. The molecule has 1 heteroatoms. The number of hydrogen-bond acceptors (Lipinski definition) is 0. The lowest BCUT2D eigenvalue weighted by atomic mass is 10.2. The molecule has 1 rings (SSSR count). The fraction of sp³-hybridized carbons (Fsp3) is 0. The minimum atomic E-state index is 0. The van der Waals surface area contributed by atoms with Crippen LogP contribution in [0.1, 0.15) is 5.56 Å². The Bertz CT molecular complexity index is 134. The van der Waals surface area contributed by atoms with Crippen molar-refractivity contribution >= 4 is 17.0 Å². The minimum absolute atomic E-state index is 0. The molecule has 0 bridgehead atoms. The molecule has 0 spiro atoms. The SMILES string of the molecule is Br.[CH2]c1ccccc1. The molecule has 0 atom stereocenters. The third-order valence-electron chi connectivity index (χ3n) is 0.843. The highest BCUT2D eigenvalue weighted by Gasteiger charge is 1.72. The molecule has 0 unspecified atom stereocenters. The van der Waals surface area contributed by atoms with E-state index in [4.69, 9.17) is 0 Å². The highest BCUT2D eigenvalue weighted by atomic mass is 79.9. The highest BCUT2D eigenvalue weighted by Crippen LogP contribution is 1.92. The van der Waals surface area contributed by atoms with Crippen molar-refractivity contribution in [2.45, 2.75) is 0 Å². The second-order valence-electron chi connectivity index (χ2n) is 1.49. The van der Waals surface area contributed by atoms with Crippen molar-refractivity contribution in [2.24, 2.45) is 0 Å². The van der Waals surface area contributed by atoms with Crippen molar-refractivity contribution in [2.75, 3.05) is 0 Å². The number of benzene rings is 1. The summed E-state index contributed by atoms with van der Waals surface area (Å²) in [6.45, 7) is 3.72. The van der Waals surface area contributed by atoms with Crippen LogP contribution in [0.3, 0.4) is 0 Å². The van der Waals surface area contributed by atoms with Gasteiger partial charge in [0.2, 0.25) is 0 Å².